The summed E-state index contributed by atoms with van der Waals surface area (Å²) >= 11 is 0. The highest BCUT2D eigenvalue weighted by molar-refractivity contribution is 5.71. The number of ether oxygens (including phenoxy) is 2. The number of esters is 1. The first-order valence-corrected chi connectivity index (χ1v) is 7.40. The molecule has 1 unspecified atom stereocenters. The van der Waals surface area contributed by atoms with Crippen LogP contribution < -0.4 is 10.5 Å². The van der Waals surface area contributed by atoms with Gasteiger partial charge in [0, 0.05) is 17.2 Å². The maximum absolute atomic E-state index is 14.8. The van der Waals surface area contributed by atoms with E-state index in [1.54, 1.807) is 56.5 Å². The SMILES string of the molecule is CCOC(=O)CC(N)c1cccc(-c2cccc(OC)c2)c1F. The summed E-state index contributed by atoms with van der Waals surface area (Å²) in [5.74, 6) is -0.230. The topological polar surface area (TPSA) is 61.5 Å². The van der Waals surface area contributed by atoms with Crippen LogP contribution in [0.15, 0.2) is 42.5 Å². The number of hydrogen-bond acceptors (Lipinski definition) is 4. The van der Waals surface area contributed by atoms with Gasteiger partial charge in [0.1, 0.15) is 11.6 Å². The van der Waals surface area contributed by atoms with Gasteiger partial charge in [-0.25, -0.2) is 4.39 Å². The lowest BCUT2D eigenvalue weighted by atomic mass is 9.97. The fourth-order valence-corrected chi connectivity index (χ4v) is 2.36. The molecule has 0 bridgehead atoms. The summed E-state index contributed by atoms with van der Waals surface area (Å²) in [6.07, 6.45) is -0.0632. The molecular formula is C18H20FNO3. The van der Waals surface area contributed by atoms with E-state index in [0.29, 0.717) is 22.4 Å². The summed E-state index contributed by atoms with van der Waals surface area (Å²) in [7, 11) is 1.56. The van der Waals surface area contributed by atoms with Gasteiger partial charge in [0.25, 0.3) is 0 Å². The van der Waals surface area contributed by atoms with Gasteiger partial charge in [0.05, 0.1) is 20.1 Å². The molecule has 2 rings (SSSR count). The second-order valence-corrected chi connectivity index (χ2v) is 5.06. The number of methoxy groups -OCH3 is 1. The molecule has 1 atom stereocenters. The van der Waals surface area contributed by atoms with E-state index in [1.807, 2.05) is 0 Å². The summed E-state index contributed by atoms with van der Waals surface area (Å²) in [6, 6.07) is 11.3. The van der Waals surface area contributed by atoms with Crippen molar-refractivity contribution in [2.45, 2.75) is 19.4 Å². The Balaban J connectivity index is 2.32. The number of nitrogens with two attached hydrogens (primary N) is 1. The molecule has 0 aliphatic heterocycles. The molecule has 0 fully saturated rings. The molecule has 0 heterocycles. The maximum atomic E-state index is 14.8. The van der Waals surface area contributed by atoms with Crippen LogP contribution in [0.2, 0.25) is 0 Å². The van der Waals surface area contributed by atoms with E-state index in [4.69, 9.17) is 15.2 Å². The van der Waals surface area contributed by atoms with Gasteiger partial charge in [0.15, 0.2) is 0 Å². The highest BCUT2D eigenvalue weighted by Gasteiger charge is 2.19. The first-order valence-electron chi connectivity index (χ1n) is 7.40. The monoisotopic (exact) mass is 317 g/mol. The van der Waals surface area contributed by atoms with Crippen LogP contribution >= 0.6 is 0 Å². The summed E-state index contributed by atoms with van der Waals surface area (Å²) in [5.41, 5.74) is 7.36. The maximum Gasteiger partial charge on any atom is 0.307 e. The molecule has 0 saturated heterocycles. The Bertz CT molecular complexity index is 688. The molecule has 2 aromatic carbocycles. The van der Waals surface area contributed by atoms with Gasteiger partial charge in [0.2, 0.25) is 0 Å². The quantitative estimate of drug-likeness (QED) is 0.829. The van der Waals surface area contributed by atoms with Crippen molar-refractivity contribution < 1.29 is 18.7 Å². The minimum absolute atomic E-state index is 0.0632. The van der Waals surface area contributed by atoms with E-state index in [0.717, 1.165) is 0 Å². The van der Waals surface area contributed by atoms with Crippen molar-refractivity contribution in [1.29, 1.82) is 0 Å². The summed E-state index contributed by atoms with van der Waals surface area (Å²) in [5, 5.41) is 0. The molecule has 4 nitrogen and oxygen atoms in total. The molecule has 23 heavy (non-hydrogen) atoms. The Morgan fingerprint density at radius 1 is 1.26 bits per heavy atom. The Labute approximate surface area is 135 Å². The molecule has 0 amide bonds. The summed E-state index contributed by atoms with van der Waals surface area (Å²) in [6.45, 7) is 1.99. The third-order valence-electron chi connectivity index (χ3n) is 3.50. The molecule has 0 aliphatic rings. The summed E-state index contributed by atoms with van der Waals surface area (Å²) in [4.78, 5) is 11.5. The number of carbonyl (C=O) groups is 1. The molecule has 0 radical (unpaired) electrons. The minimum Gasteiger partial charge on any atom is -0.497 e. The van der Waals surface area contributed by atoms with Gasteiger partial charge >= 0.3 is 5.97 Å². The predicted molar refractivity (Wildman–Crippen MR) is 86.6 cm³/mol. The minimum atomic E-state index is -0.750. The molecule has 0 spiro atoms. The average Bonchev–Trinajstić information content (AvgIpc) is 2.55. The third kappa shape index (κ3) is 4.07. The van der Waals surface area contributed by atoms with Crippen molar-refractivity contribution in [3.05, 3.63) is 53.8 Å². The fraction of sp³-hybridized carbons (Fsp3) is 0.278. The standard InChI is InChI=1S/C18H20FNO3/c1-3-23-17(21)11-16(20)15-9-5-8-14(18(15)19)12-6-4-7-13(10-12)22-2/h4-10,16H,3,11,20H2,1-2H3. The van der Waals surface area contributed by atoms with Crippen LogP contribution in [0.4, 0.5) is 4.39 Å². The van der Waals surface area contributed by atoms with Gasteiger partial charge in [-0.3, -0.25) is 4.79 Å². The second kappa shape index (κ2) is 7.74. The van der Waals surface area contributed by atoms with Crippen molar-refractivity contribution in [3.8, 4) is 16.9 Å². The van der Waals surface area contributed by atoms with Gasteiger partial charge in [-0.05, 0) is 24.6 Å². The van der Waals surface area contributed by atoms with E-state index < -0.39 is 17.8 Å². The molecular weight excluding hydrogens is 297 g/mol. The Hall–Kier alpha value is -2.40. The van der Waals surface area contributed by atoms with Crippen LogP contribution in [0.1, 0.15) is 24.9 Å². The number of rotatable bonds is 6. The van der Waals surface area contributed by atoms with Gasteiger partial charge in [-0.15, -0.1) is 0 Å². The lowest BCUT2D eigenvalue weighted by Gasteiger charge is -2.15. The smallest absolute Gasteiger partial charge is 0.307 e. The first-order chi connectivity index (χ1) is 11.1. The van der Waals surface area contributed by atoms with E-state index in [-0.39, 0.29) is 13.0 Å². The largest absolute Gasteiger partial charge is 0.497 e. The molecule has 122 valence electrons. The van der Waals surface area contributed by atoms with Crippen LogP contribution in [-0.2, 0) is 9.53 Å². The Kier molecular flexibility index (Phi) is 5.71. The molecule has 5 heteroatoms. The predicted octanol–water partition coefficient (Wildman–Crippen LogP) is 3.45. The number of hydrogen-bond donors (Lipinski definition) is 1. The van der Waals surface area contributed by atoms with Crippen LogP contribution in [0, 0.1) is 5.82 Å². The zero-order valence-electron chi connectivity index (χ0n) is 13.2. The number of halogens is 1. The lowest BCUT2D eigenvalue weighted by molar-refractivity contribution is -0.143. The van der Waals surface area contributed by atoms with Gasteiger partial charge in [-0.2, -0.15) is 0 Å². The van der Waals surface area contributed by atoms with E-state index in [2.05, 4.69) is 0 Å². The molecule has 2 N–H and O–H groups in total. The number of benzene rings is 2. The zero-order valence-corrected chi connectivity index (χ0v) is 13.2. The second-order valence-electron chi connectivity index (χ2n) is 5.06. The van der Waals surface area contributed by atoms with Crippen molar-refractivity contribution in [2.75, 3.05) is 13.7 Å². The van der Waals surface area contributed by atoms with Crippen LogP contribution in [0.25, 0.3) is 11.1 Å². The van der Waals surface area contributed by atoms with E-state index in [9.17, 15) is 9.18 Å². The number of carbonyl (C=O) groups excluding carboxylic acids is 1. The van der Waals surface area contributed by atoms with E-state index in [1.165, 1.54) is 0 Å². The zero-order chi connectivity index (χ0) is 16.8. The van der Waals surface area contributed by atoms with Crippen LogP contribution in [-0.4, -0.2) is 19.7 Å². The lowest BCUT2D eigenvalue weighted by Crippen LogP contribution is -2.18. The fourth-order valence-electron chi connectivity index (χ4n) is 2.36. The molecule has 0 saturated carbocycles. The van der Waals surface area contributed by atoms with Crippen LogP contribution in [0.3, 0.4) is 0 Å². The third-order valence-corrected chi connectivity index (χ3v) is 3.50. The van der Waals surface area contributed by atoms with Crippen molar-refractivity contribution in [2.24, 2.45) is 5.73 Å². The van der Waals surface area contributed by atoms with Crippen molar-refractivity contribution >= 4 is 5.97 Å². The van der Waals surface area contributed by atoms with Gasteiger partial charge < -0.3 is 15.2 Å². The van der Waals surface area contributed by atoms with E-state index >= 15 is 0 Å². The highest BCUT2D eigenvalue weighted by atomic mass is 19.1. The average molecular weight is 317 g/mol. The van der Waals surface area contributed by atoms with Crippen molar-refractivity contribution in [1.82, 2.24) is 0 Å². The normalized spacial score (nSPS) is 11.8. The Morgan fingerprint density at radius 3 is 2.70 bits per heavy atom. The van der Waals surface area contributed by atoms with Crippen molar-refractivity contribution in [3.63, 3.8) is 0 Å². The Morgan fingerprint density at radius 2 is 2.00 bits per heavy atom. The first kappa shape index (κ1) is 17.0. The van der Waals surface area contributed by atoms with Gasteiger partial charge in [-0.1, -0.05) is 30.3 Å². The highest BCUT2D eigenvalue weighted by Crippen LogP contribution is 2.30. The molecule has 0 aromatic heterocycles. The molecule has 0 aliphatic carbocycles. The summed E-state index contributed by atoms with van der Waals surface area (Å²) < 4.78 is 24.8. The molecule has 2 aromatic rings. The van der Waals surface area contributed by atoms with Crippen LogP contribution in [0.5, 0.6) is 5.75 Å².